The summed E-state index contributed by atoms with van der Waals surface area (Å²) in [4.78, 5) is 32.1. The summed E-state index contributed by atoms with van der Waals surface area (Å²) >= 11 is 0. The lowest BCUT2D eigenvalue weighted by atomic mass is 9.85. The van der Waals surface area contributed by atoms with Crippen LogP contribution in [0, 0.1) is 0 Å². The highest BCUT2D eigenvalue weighted by Gasteiger charge is 2.36. The maximum absolute atomic E-state index is 14.4. The summed E-state index contributed by atoms with van der Waals surface area (Å²) in [6, 6.07) is 18.1. The fourth-order valence-electron chi connectivity index (χ4n) is 6.20. The Balaban J connectivity index is 1.67. The van der Waals surface area contributed by atoms with Crippen LogP contribution in [0.4, 0.5) is 5.69 Å². The zero-order chi connectivity index (χ0) is 26.6. The van der Waals surface area contributed by atoms with E-state index in [0.29, 0.717) is 10.9 Å². The highest BCUT2D eigenvalue weighted by Crippen LogP contribution is 2.44. The van der Waals surface area contributed by atoms with E-state index in [1.807, 2.05) is 48.6 Å². The van der Waals surface area contributed by atoms with Crippen LogP contribution in [-0.2, 0) is 5.41 Å². The Labute approximate surface area is 219 Å². The molecule has 0 bridgehead atoms. The van der Waals surface area contributed by atoms with Crippen LogP contribution in [0.5, 0.6) is 0 Å². The van der Waals surface area contributed by atoms with Crippen molar-refractivity contribution in [2.45, 2.75) is 51.5 Å². The van der Waals surface area contributed by atoms with Crippen LogP contribution in [-0.4, -0.2) is 19.5 Å². The topological polar surface area (TPSA) is 71.3 Å². The third-order valence-corrected chi connectivity index (χ3v) is 8.64. The molecule has 1 unspecified atom stereocenters. The van der Waals surface area contributed by atoms with Crippen molar-refractivity contribution in [3.63, 3.8) is 0 Å². The average molecular weight is 503 g/mol. The van der Waals surface area contributed by atoms with Crippen LogP contribution < -0.4 is 21.8 Å². The monoisotopic (exact) mass is 502 g/mol. The molecule has 2 N–H and O–H groups in total. The number of nitrogens with one attached hydrogen (secondary N) is 2. The average Bonchev–Trinajstić information content (AvgIpc) is 3.43. The molecule has 0 spiro atoms. The van der Waals surface area contributed by atoms with Crippen LogP contribution >= 0.6 is 0 Å². The number of benzene rings is 2. The van der Waals surface area contributed by atoms with Crippen LogP contribution in [0.25, 0.3) is 39.8 Å². The number of rotatable bonds is 0. The second kappa shape index (κ2) is 7.38. The highest BCUT2D eigenvalue weighted by atomic mass is 16.1. The van der Waals surface area contributed by atoms with E-state index >= 15 is 0 Å². The first-order valence-corrected chi connectivity index (χ1v) is 13.1. The normalized spacial score (nSPS) is 18.8. The summed E-state index contributed by atoms with van der Waals surface area (Å²) in [6.07, 6.45) is 5.67. The van der Waals surface area contributed by atoms with E-state index in [9.17, 15) is 9.59 Å². The largest absolute Gasteiger partial charge is 0.379 e. The Hall–Kier alpha value is -4.32. The van der Waals surface area contributed by atoms with E-state index < -0.39 is 0 Å². The fraction of sp³-hybridized carbons (Fsp3) is 0.250. The second-order valence-electron chi connectivity index (χ2n) is 11.8. The lowest BCUT2D eigenvalue weighted by Crippen LogP contribution is -2.46. The molecule has 1 atom stereocenters. The number of nitrogens with zero attached hydrogens (tertiary/aromatic N) is 2. The number of aromatic nitrogens is 3. The number of hydrogen-bond donors (Lipinski definition) is 2. The summed E-state index contributed by atoms with van der Waals surface area (Å²) in [5.41, 5.74) is 6.05. The minimum Gasteiger partial charge on any atom is -0.379 e. The summed E-state index contributed by atoms with van der Waals surface area (Å²) in [5.74, 6) is -0.0470. The molecule has 5 heterocycles. The zero-order valence-electron chi connectivity index (χ0n) is 22.2. The van der Waals surface area contributed by atoms with Gasteiger partial charge < -0.3 is 10.3 Å². The molecule has 2 aliphatic rings. The summed E-state index contributed by atoms with van der Waals surface area (Å²) in [5, 5.41) is 5.06. The van der Waals surface area contributed by atoms with Gasteiger partial charge in [-0.15, -0.1) is 0 Å². The molecule has 0 fully saturated rings. The fourth-order valence-corrected chi connectivity index (χ4v) is 6.20. The maximum Gasteiger partial charge on any atom is 0.279 e. The van der Waals surface area contributed by atoms with Crippen molar-refractivity contribution < 1.29 is 0 Å². The summed E-state index contributed by atoms with van der Waals surface area (Å²) < 4.78 is 3.20. The van der Waals surface area contributed by atoms with Gasteiger partial charge in [-0.2, -0.15) is 0 Å². The van der Waals surface area contributed by atoms with Gasteiger partial charge in [0.25, 0.3) is 11.1 Å². The van der Waals surface area contributed by atoms with Crippen LogP contribution in [0.2, 0.25) is 0 Å². The van der Waals surface area contributed by atoms with E-state index in [1.54, 1.807) is 10.6 Å². The Bertz CT molecular complexity index is 2020. The Morgan fingerprint density at radius 2 is 1.63 bits per heavy atom. The van der Waals surface area contributed by atoms with Gasteiger partial charge >= 0.3 is 0 Å². The van der Waals surface area contributed by atoms with Gasteiger partial charge in [0.05, 0.1) is 0 Å². The van der Waals surface area contributed by atoms with Gasteiger partial charge in [0.1, 0.15) is 10.9 Å². The molecule has 5 aromatic rings. The Morgan fingerprint density at radius 1 is 0.895 bits per heavy atom. The van der Waals surface area contributed by atoms with Crippen LogP contribution in [0.3, 0.4) is 0 Å². The van der Waals surface area contributed by atoms with Crippen molar-refractivity contribution in [2.75, 3.05) is 5.32 Å². The third kappa shape index (κ3) is 2.94. The molecule has 3 aromatic heterocycles. The second-order valence-corrected chi connectivity index (χ2v) is 11.8. The SMILES string of the molecule is CC1c2c(cc3c(=O)n4c(c(=O)n23)=Cc2c([nH]c3ccccc23)C(C)(C)C=C4)-c2ccccc2NC1(C)C. The molecule has 38 heavy (non-hydrogen) atoms. The van der Waals surface area contributed by atoms with E-state index in [-0.39, 0.29) is 28.0 Å². The predicted molar refractivity (Wildman–Crippen MR) is 155 cm³/mol. The standard InChI is InChI=1S/C32H30N4O2/c1-18-27-21(19-10-7-9-13-24(19)34-32(18,4)5)16-26-29(37)35-15-14-31(2,3)28-22(17-25(35)30(38)36(26)27)20-11-6-8-12-23(20)33-28/h6-18,33-34H,1-5H3. The predicted octanol–water partition coefficient (Wildman–Crippen LogP) is 5.23. The van der Waals surface area contributed by atoms with E-state index in [2.05, 4.69) is 63.1 Å². The van der Waals surface area contributed by atoms with Gasteiger partial charge in [-0.25, -0.2) is 0 Å². The quantitative estimate of drug-likeness (QED) is 0.305. The number of allylic oxidation sites excluding steroid dienone is 1. The smallest absolute Gasteiger partial charge is 0.279 e. The molecule has 2 aromatic carbocycles. The molecular formula is C32H30N4O2. The molecular weight excluding hydrogens is 472 g/mol. The Kier molecular flexibility index (Phi) is 4.43. The van der Waals surface area contributed by atoms with Crippen molar-refractivity contribution in [1.29, 1.82) is 0 Å². The zero-order valence-corrected chi connectivity index (χ0v) is 22.2. The molecule has 6 heteroatoms. The first kappa shape index (κ1) is 22.8. The highest BCUT2D eigenvalue weighted by molar-refractivity contribution is 5.91. The molecule has 0 saturated carbocycles. The molecule has 0 aliphatic carbocycles. The van der Waals surface area contributed by atoms with Crippen molar-refractivity contribution in [1.82, 2.24) is 14.0 Å². The first-order chi connectivity index (χ1) is 18.1. The molecule has 2 aliphatic heterocycles. The Morgan fingerprint density at radius 3 is 2.45 bits per heavy atom. The van der Waals surface area contributed by atoms with E-state index in [1.165, 1.54) is 4.57 Å². The van der Waals surface area contributed by atoms with Crippen molar-refractivity contribution in [2.24, 2.45) is 0 Å². The van der Waals surface area contributed by atoms with Gasteiger partial charge in [0, 0.05) is 67.7 Å². The summed E-state index contributed by atoms with van der Waals surface area (Å²) in [7, 11) is 0. The van der Waals surface area contributed by atoms with E-state index in [0.717, 1.165) is 44.7 Å². The minimum absolute atomic E-state index is 0.0470. The van der Waals surface area contributed by atoms with Gasteiger partial charge in [-0.05, 0) is 38.1 Å². The maximum atomic E-state index is 14.4. The molecule has 0 amide bonds. The summed E-state index contributed by atoms with van der Waals surface area (Å²) in [6.45, 7) is 10.6. The number of para-hydroxylation sites is 2. The molecule has 190 valence electrons. The van der Waals surface area contributed by atoms with Crippen molar-refractivity contribution in [3.05, 3.63) is 104 Å². The molecule has 6 nitrogen and oxygen atoms in total. The first-order valence-electron chi connectivity index (χ1n) is 13.1. The number of anilines is 1. The van der Waals surface area contributed by atoms with Crippen molar-refractivity contribution >= 4 is 34.4 Å². The van der Waals surface area contributed by atoms with E-state index in [4.69, 9.17) is 0 Å². The van der Waals surface area contributed by atoms with Gasteiger partial charge in [0.2, 0.25) is 0 Å². The van der Waals surface area contributed by atoms with Gasteiger partial charge in [-0.1, -0.05) is 63.2 Å². The van der Waals surface area contributed by atoms with Crippen LogP contribution in [0.1, 0.15) is 57.5 Å². The molecule has 0 radical (unpaired) electrons. The molecule has 0 saturated heterocycles. The number of hydrogen-bond acceptors (Lipinski definition) is 3. The lowest BCUT2D eigenvalue weighted by molar-refractivity contribution is 0.466. The molecule has 7 rings (SSSR count). The van der Waals surface area contributed by atoms with Crippen molar-refractivity contribution in [3.8, 4) is 11.1 Å². The number of fused-ring (bicyclic) bond motifs is 9. The van der Waals surface area contributed by atoms with Crippen LogP contribution in [0.15, 0.2) is 70.3 Å². The third-order valence-electron chi connectivity index (χ3n) is 8.64. The lowest BCUT2D eigenvalue weighted by Gasteiger charge is -2.32. The van der Waals surface area contributed by atoms with Gasteiger partial charge in [-0.3, -0.25) is 18.6 Å². The van der Waals surface area contributed by atoms with Gasteiger partial charge in [0.15, 0.2) is 0 Å². The number of H-pyrrole nitrogens is 1. The minimum atomic E-state index is -0.376. The number of aromatic amines is 1.